The quantitative estimate of drug-likeness (QED) is 0.679. The van der Waals surface area contributed by atoms with Crippen molar-refractivity contribution in [2.75, 3.05) is 5.32 Å². The van der Waals surface area contributed by atoms with E-state index in [1.54, 1.807) is 48.5 Å². The molecular formula is C16H11ClN2O3. The molecule has 5 nitrogen and oxygen atoms in total. The van der Waals surface area contributed by atoms with Crippen LogP contribution in [0.5, 0.6) is 5.75 Å². The number of amides is 1. The molecule has 3 aromatic rings. The lowest BCUT2D eigenvalue weighted by molar-refractivity contribution is 0.102. The molecule has 1 heterocycles. The minimum absolute atomic E-state index is 0.325. The van der Waals surface area contributed by atoms with Gasteiger partial charge in [0.15, 0.2) is 0 Å². The second-order valence-corrected chi connectivity index (χ2v) is 5.12. The van der Waals surface area contributed by atoms with Crippen molar-refractivity contribution >= 4 is 34.1 Å². The highest BCUT2D eigenvalue weighted by Crippen LogP contribution is 2.25. The van der Waals surface area contributed by atoms with Gasteiger partial charge in [-0.1, -0.05) is 23.7 Å². The minimum Gasteiger partial charge on any atom is -0.506 e. The van der Waals surface area contributed by atoms with Crippen LogP contribution in [-0.4, -0.2) is 16.0 Å². The molecule has 0 aliphatic heterocycles. The first-order chi connectivity index (χ1) is 10.6. The van der Waals surface area contributed by atoms with Crippen molar-refractivity contribution in [2.24, 2.45) is 0 Å². The number of halogens is 1. The molecule has 0 atom stereocenters. The van der Waals surface area contributed by atoms with Crippen molar-refractivity contribution in [2.45, 2.75) is 0 Å². The number of hydrogen-bond donors (Lipinski definition) is 3. The van der Waals surface area contributed by atoms with Crippen LogP contribution in [0, 0.1) is 0 Å². The van der Waals surface area contributed by atoms with E-state index in [9.17, 15) is 14.7 Å². The van der Waals surface area contributed by atoms with Crippen molar-refractivity contribution in [1.82, 2.24) is 4.98 Å². The number of benzene rings is 2. The number of para-hydroxylation sites is 1. The van der Waals surface area contributed by atoms with Crippen molar-refractivity contribution in [3.05, 3.63) is 69.5 Å². The lowest BCUT2D eigenvalue weighted by atomic mass is 10.1. The van der Waals surface area contributed by atoms with E-state index in [-0.39, 0.29) is 11.3 Å². The minimum atomic E-state index is -0.688. The molecule has 1 aromatic heterocycles. The molecule has 0 spiro atoms. The Morgan fingerprint density at radius 2 is 1.77 bits per heavy atom. The summed E-state index contributed by atoms with van der Waals surface area (Å²) < 4.78 is 0. The lowest BCUT2D eigenvalue weighted by Gasteiger charge is -2.08. The van der Waals surface area contributed by atoms with Crippen molar-refractivity contribution < 1.29 is 9.90 Å². The Morgan fingerprint density at radius 1 is 1.09 bits per heavy atom. The summed E-state index contributed by atoms with van der Waals surface area (Å²) in [5.41, 5.74) is -0.0364. The molecule has 0 aliphatic rings. The summed E-state index contributed by atoms with van der Waals surface area (Å²) in [6.45, 7) is 0. The van der Waals surface area contributed by atoms with E-state index in [0.717, 1.165) is 0 Å². The molecule has 2 aromatic carbocycles. The maximum Gasteiger partial charge on any atom is 0.265 e. The number of nitrogens with one attached hydrogen (secondary N) is 2. The molecule has 3 rings (SSSR count). The van der Waals surface area contributed by atoms with Gasteiger partial charge in [0.25, 0.3) is 11.5 Å². The van der Waals surface area contributed by atoms with Gasteiger partial charge in [0.2, 0.25) is 0 Å². The molecule has 3 N–H and O–H groups in total. The highest BCUT2D eigenvalue weighted by molar-refractivity contribution is 6.30. The Kier molecular flexibility index (Phi) is 3.56. The van der Waals surface area contributed by atoms with Gasteiger partial charge in [-0.15, -0.1) is 0 Å². The van der Waals surface area contributed by atoms with E-state index in [0.29, 0.717) is 21.6 Å². The first kappa shape index (κ1) is 14.2. The van der Waals surface area contributed by atoms with Gasteiger partial charge >= 0.3 is 0 Å². The van der Waals surface area contributed by atoms with Crippen LogP contribution in [0.25, 0.3) is 10.9 Å². The van der Waals surface area contributed by atoms with Crippen LogP contribution in [0.4, 0.5) is 5.69 Å². The van der Waals surface area contributed by atoms with Crippen LogP contribution in [-0.2, 0) is 0 Å². The van der Waals surface area contributed by atoms with Crippen molar-refractivity contribution in [3.8, 4) is 5.75 Å². The van der Waals surface area contributed by atoms with Crippen LogP contribution < -0.4 is 10.9 Å². The number of rotatable bonds is 2. The summed E-state index contributed by atoms with van der Waals surface area (Å²) in [5, 5.41) is 13.7. The summed E-state index contributed by atoms with van der Waals surface area (Å²) in [6, 6.07) is 13.1. The van der Waals surface area contributed by atoms with E-state index < -0.39 is 11.5 Å². The van der Waals surface area contributed by atoms with Crippen molar-refractivity contribution in [1.29, 1.82) is 0 Å². The lowest BCUT2D eigenvalue weighted by Crippen LogP contribution is -2.23. The Bertz CT molecular complexity index is 917. The van der Waals surface area contributed by atoms with Gasteiger partial charge in [-0.25, -0.2) is 0 Å². The third-order valence-electron chi connectivity index (χ3n) is 3.22. The monoisotopic (exact) mass is 314 g/mol. The second-order valence-electron chi connectivity index (χ2n) is 4.68. The highest BCUT2D eigenvalue weighted by atomic mass is 35.5. The van der Waals surface area contributed by atoms with Gasteiger partial charge in [0, 0.05) is 16.1 Å². The standard InChI is InChI=1S/C16H11ClN2O3/c17-9-5-7-10(8-6-9)18-15(21)13-14(20)11-3-1-2-4-12(11)19-16(13)22/h1-8H,(H,18,21)(H2,19,20,22). The number of H-pyrrole nitrogens is 1. The van der Waals surface area contributed by atoms with Crippen LogP contribution in [0.1, 0.15) is 10.4 Å². The number of aromatic hydroxyl groups is 1. The van der Waals surface area contributed by atoms with Crippen LogP contribution >= 0.6 is 11.6 Å². The summed E-state index contributed by atoms with van der Waals surface area (Å²) in [4.78, 5) is 26.9. The molecule has 0 fully saturated rings. The summed E-state index contributed by atoms with van der Waals surface area (Å²) in [5.74, 6) is -1.03. The van der Waals surface area contributed by atoms with Gasteiger partial charge in [-0.3, -0.25) is 9.59 Å². The average molecular weight is 315 g/mol. The summed E-state index contributed by atoms with van der Waals surface area (Å²) in [6.07, 6.45) is 0. The maximum absolute atomic E-state index is 12.3. The van der Waals surface area contributed by atoms with Crippen LogP contribution in [0.2, 0.25) is 5.02 Å². The topological polar surface area (TPSA) is 82.2 Å². The van der Waals surface area contributed by atoms with Crippen LogP contribution in [0.3, 0.4) is 0 Å². The third kappa shape index (κ3) is 2.54. The molecule has 0 unspecified atom stereocenters. The van der Waals surface area contributed by atoms with Gasteiger partial charge in [-0.2, -0.15) is 0 Å². The zero-order valence-corrected chi connectivity index (χ0v) is 12.0. The van der Waals surface area contributed by atoms with E-state index in [4.69, 9.17) is 11.6 Å². The number of pyridine rings is 1. The van der Waals surface area contributed by atoms with E-state index >= 15 is 0 Å². The number of aromatic nitrogens is 1. The normalized spacial score (nSPS) is 10.6. The largest absolute Gasteiger partial charge is 0.506 e. The van der Waals surface area contributed by atoms with Gasteiger partial charge in [0.1, 0.15) is 11.3 Å². The zero-order chi connectivity index (χ0) is 15.7. The number of carbonyl (C=O) groups is 1. The maximum atomic E-state index is 12.3. The molecule has 6 heteroatoms. The van der Waals surface area contributed by atoms with Crippen molar-refractivity contribution in [3.63, 3.8) is 0 Å². The molecule has 0 radical (unpaired) electrons. The average Bonchev–Trinajstić information content (AvgIpc) is 2.49. The van der Waals surface area contributed by atoms with Crippen LogP contribution in [0.15, 0.2) is 53.3 Å². The van der Waals surface area contributed by atoms with Gasteiger partial charge in [-0.05, 0) is 36.4 Å². The Labute approximate surface area is 130 Å². The molecular weight excluding hydrogens is 304 g/mol. The molecule has 1 amide bonds. The fraction of sp³-hybridized carbons (Fsp3) is 0. The Hall–Kier alpha value is -2.79. The predicted molar refractivity (Wildman–Crippen MR) is 85.6 cm³/mol. The fourth-order valence-corrected chi connectivity index (χ4v) is 2.29. The van der Waals surface area contributed by atoms with Gasteiger partial charge < -0.3 is 15.4 Å². The first-order valence-corrected chi connectivity index (χ1v) is 6.85. The molecule has 22 heavy (non-hydrogen) atoms. The number of hydrogen-bond acceptors (Lipinski definition) is 3. The molecule has 0 bridgehead atoms. The first-order valence-electron chi connectivity index (χ1n) is 6.47. The summed E-state index contributed by atoms with van der Waals surface area (Å²) >= 11 is 5.77. The van der Waals surface area contributed by atoms with E-state index in [2.05, 4.69) is 10.3 Å². The number of fused-ring (bicyclic) bond motifs is 1. The molecule has 110 valence electrons. The Morgan fingerprint density at radius 3 is 2.50 bits per heavy atom. The second kappa shape index (κ2) is 5.54. The fourth-order valence-electron chi connectivity index (χ4n) is 2.16. The number of carbonyl (C=O) groups excluding carboxylic acids is 1. The van der Waals surface area contributed by atoms with E-state index in [1.807, 2.05) is 0 Å². The highest BCUT2D eigenvalue weighted by Gasteiger charge is 2.19. The smallest absolute Gasteiger partial charge is 0.265 e. The zero-order valence-electron chi connectivity index (χ0n) is 11.3. The van der Waals surface area contributed by atoms with E-state index in [1.165, 1.54) is 0 Å². The molecule has 0 saturated heterocycles. The number of aromatic amines is 1. The number of anilines is 1. The molecule has 0 saturated carbocycles. The van der Waals surface area contributed by atoms with Gasteiger partial charge in [0.05, 0.1) is 5.52 Å². The third-order valence-corrected chi connectivity index (χ3v) is 3.48. The Balaban J connectivity index is 2.04. The summed E-state index contributed by atoms with van der Waals surface area (Å²) in [7, 11) is 0. The predicted octanol–water partition coefficient (Wildman–Crippen LogP) is 3.14. The molecule has 0 aliphatic carbocycles. The SMILES string of the molecule is O=C(Nc1ccc(Cl)cc1)c1c(O)c2ccccc2[nH]c1=O.